The number of hydrogen-bond donors (Lipinski definition) is 0. The van der Waals surface area contributed by atoms with E-state index in [1.807, 2.05) is 0 Å². The lowest BCUT2D eigenvalue weighted by Gasteiger charge is -2.26. The molecule has 31 heavy (non-hydrogen) atoms. The molecule has 0 amide bonds. The van der Waals surface area contributed by atoms with E-state index < -0.39 is 15.8 Å². The van der Waals surface area contributed by atoms with Crippen LogP contribution >= 0.6 is 0 Å². The van der Waals surface area contributed by atoms with Crippen LogP contribution in [0, 0.1) is 5.82 Å². The maximum absolute atomic E-state index is 13.8. The van der Waals surface area contributed by atoms with Gasteiger partial charge in [0.1, 0.15) is 30.3 Å². The highest BCUT2D eigenvalue weighted by Gasteiger charge is 2.27. The zero-order valence-electron chi connectivity index (χ0n) is 16.2. The van der Waals surface area contributed by atoms with Crippen LogP contribution in [0.2, 0.25) is 0 Å². The molecule has 0 radical (unpaired) electrons. The molecule has 8 nitrogen and oxygen atoms in total. The van der Waals surface area contributed by atoms with E-state index in [1.165, 1.54) is 39.4 Å². The Kier molecular flexibility index (Phi) is 4.70. The van der Waals surface area contributed by atoms with E-state index in [1.54, 1.807) is 36.4 Å². The summed E-state index contributed by atoms with van der Waals surface area (Å²) in [6, 6.07) is 13.8. The van der Waals surface area contributed by atoms with Crippen LogP contribution in [0.3, 0.4) is 0 Å². The summed E-state index contributed by atoms with van der Waals surface area (Å²) in [5.74, 6) is 0.560. The number of rotatable bonds is 5. The molecule has 0 atom stereocenters. The third-order valence-corrected chi connectivity index (χ3v) is 6.64. The lowest BCUT2D eigenvalue weighted by atomic mass is 10.2. The monoisotopic (exact) mass is 440 g/mol. The van der Waals surface area contributed by atoms with Crippen molar-refractivity contribution in [1.29, 1.82) is 0 Å². The van der Waals surface area contributed by atoms with Gasteiger partial charge in [-0.3, -0.25) is 8.71 Å². The molecule has 10 heteroatoms. The molecule has 0 N–H and O–H groups in total. The van der Waals surface area contributed by atoms with Crippen molar-refractivity contribution >= 4 is 21.4 Å². The maximum atomic E-state index is 13.8. The fourth-order valence-corrected chi connectivity index (χ4v) is 4.84. The fourth-order valence-electron chi connectivity index (χ4n) is 3.39. The third-order valence-electron chi connectivity index (χ3n) is 4.88. The quantitative estimate of drug-likeness (QED) is 0.474. The van der Waals surface area contributed by atoms with Gasteiger partial charge in [-0.15, -0.1) is 10.2 Å². The number of hydrogen-bond acceptors (Lipinski definition) is 6. The van der Waals surface area contributed by atoms with Gasteiger partial charge in [0.25, 0.3) is 10.0 Å². The van der Waals surface area contributed by atoms with Crippen LogP contribution in [0.4, 0.5) is 10.1 Å². The predicted molar refractivity (Wildman–Crippen MR) is 110 cm³/mol. The van der Waals surface area contributed by atoms with Crippen molar-refractivity contribution in [2.45, 2.75) is 11.4 Å². The molecular weight excluding hydrogens is 423 g/mol. The summed E-state index contributed by atoms with van der Waals surface area (Å²) in [4.78, 5) is 0.0473. The number of ether oxygens (including phenoxy) is 2. The number of fused-ring (bicyclic) bond motifs is 2. The summed E-state index contributed by atoms with van der Waals surface area (Å²) in [7, 11) is -4.02. The molecule has 0 aliphatic carbocycles. The number of aromatic nitrogens is 3. The smallest absolute Gasteiger partial charge is 0.266 e. The summed E-state index contributed by atoms with van der Waals surface area (Å²) < 4.78 is 55.0. The van der Waals surface area contributed by atoms with E-state index in [0.717, 1.165) is 0 Å². The van der Waals surface area contributed by atoms with E-state index in [9.17, 15) is 12.8 Å². The number of halogens is 1. The van der Waals surface area contributed by atoms with Gasteiger partial charge in [-0.1, -0.05) is 12.1 Å². The van der Waals surface area contributed by atoms with Crippen LogP contribution in [-0.2, 0) is 16.6 Å². The average molecular weight is 440 g/mol. The second-order valence-corrected chi connectivity index (χ2v) is 8.79. The molecule has 158 valence electrons. The van der Waals surface area contributed by atoms with Crippen LogP contribution in [0.5, 0.6) is 11.5 Å². The summed E-state index contributed by atoms with van der Waals surface area (Å²) in [5.41, 5.74) is 1.40. The first-order valence-electron chi connectivity index (χ1n) is 9.47. The molecular formula is C21H17FN4O4S. The lowest BCUT2D eigenvalue weighted by molar-refractivity contribution is 0.171. The van der Waals surface area contributed by atoms with Crippen molar-refractivity contribution in [3.05, 3.63) is 78.5 Å². The van der Waals surface area contributed by atoms with Crippen molar-refractivity contribution in [3.8, 4) is 11.5 Å². The molecule has 2 aromatic carbocycles. The van der Waals surface area contributed by atoms with E-state index in [4.69, 9.17) is 9.47 Å². The van der Waals surface area contributed by atoms with E-state index in [-0.39, 0.29) is 11.4 Å². The molecule has 0 saturated heterocycles. The van der Waals surface area contributed by atoms with Crippen molar-refractivity contribution in [3.63, 3.8) is 0 Å². The van der Waals surface area contributed by atoms with Gasteiger partial charge in [-0.25, -0.2) is 12.8 Å². The molecule has 0 unspecified atom stereocenters. The Hall–Kier alpha value is -3.66. The van der Waals surface area contributed by atoms with Crippen molar-refractivity contribution in [2.75, 3.05) is 17.5 Å². The summed E-state index contributed by atoms with van der Waals surface area (Å²) >= 11 is 0. The molecule has 0 bridgehead atoms. The first-order chi connectivity index (χ1) is 15.0. The number of pyridine rings is 1. The number of anilines is 1. The van der Waals surface area contributed by atoms with E-state index in [2.05, 4.69) is 10.2 Å². The number of sulfonamides is 1. The Morgan fingerprint density at radius 2 is 1.87 bits per heavy atom. The van der Waals surface area contributed by atoms with Crippen molar-refractivity contribution in [2.24, 2.45) is 0 Å². The maximum Gasteiger partial charge on any atom is 0.266 e. The van der Waals surface area contributed by atoms with Crippen LogP contribution in [-0.4, -0.2) is 36.2 Å². The zero-order valence-corrected chi connectivity index (χ0v) is 17.0. The Morgan fingerprint density at radius 1 is 1.03 bits per heavy atom. The van der Waals surface area contributed by atoms with Gasteiger partial charge in [-0.05, 0) is 42.0 Å². The highest BCUT2D eigenvalue weighted by Crippen LogP contribution is 2.36. The van der Waals surface area contributed by atoms with Crippen molar-refractivity contribution in [1.82, 2.24) is 14.6 Å². The van der Waals surface area contributed by atoms with E-state index in [0.29, 0.717) is 41.6 Å². The molecule has 1 aliphatic rings. The Balaban J connectivity index is 1.62. The second kappa shape index (κ2) is 7.55. The highest BCUT2D eigenvalue weighted by atomic mass is 32.2. The third kappa shape index (κ3) is 3.66. The lowest BCUT2D eigenvalue weighted by Crippen LogP contribution is -2.31. The molecule has 1 aliphatic heterocycles. The van der Waals surface area contributed by atoms with E-state index >= 15 is 0 Å². The first kappa shape index (κ1) is 19.3. The Labute approximate surface area is 177 Å². The summed E-state index contributed by atoms with van der Waals surface area (Å²) in [5, 5.41) is 7.69. The minimum Gasteiger partial charge on any atom is -0.486 e. The zero-order chi connectivity index (χ0) is 21.4. The molecule has 0 saturated carbocycles. The highest BCUT2D eigenvalue weighted by molar-refractivity contribution is 7.92. The topological polar surface area (TPSA) is 86.0 Å². The standard InChI is InChI=1S/C21H17FN4O4S/c22-16-3-1-2-15(10-16)12-26(17-4-6-19-20(11-17)30-9-8-29-19)31(27,28)18-5-7-21-24-23-14-25(21)13-18/h1-7,10-11,13-14H,8-9,12H2. The second-order valence-electron chi connectivity index (χ2n) is 6.93. The van der Waals surface area contributed by atoms with Gasteiger partial charge in [0, 0.05) is 12.3 Å². The molecule has 2 aromatic heterocycles. The number of benzene rings is 2. The molecule has 0 spiro atoms. The predicted octanol–water partition coefficient (Wildman–Crippen LogP) is 3.04. The van der Waals surface area contributed by atoms with Crippen LogP contribution in [0.25, 0.3) is 5.65 Å². The van der Waals surface area contributed by atoms with Gasteiger partial charge in [0.15, 0.2) is 17.1 Å². The largest absolute Gasteiger partial charge is 0.486 e. The van der Waals surface area contributed by atoms with Gasteiger partial charge in [0.05, 0.1) is 12.2 Å². The molecule has 4 aromatic rings. The average Bonchev–Trinajstić information content (AvgIpc) is 3.25. The van der Waals surface area contributed by atoms with Crippen LogP contribution in [0.1, 0.15) is 5.56 Å². The normalized spacial score (nSPS) is 13.3. The van der Waals surface area contributed by atoms with Crippen LogP contribution < -0.4 is 13.8 Å². The van der Waals surface area contributed by atoms with Crippen molar-refractivity contribution < 1.29 is 22.3 Å². The Bertz CT molecular complexity index is 1370. The first-order valence-corrected chi connectivity index (χ1v) is 10.9. The number of nitrogens with zero attached hydrogens (tertiary/aromatic N) is 4. The van der Waals surface area contributed by atoms with Crippen LogP contribution in [0.15, 0.2) is 72.0 Å². The molecule has 3 heterocycles. The Morgan fingerprint density at radius 3 is 2.71 bits per heavy atom. The van der Waals surface area contributed by atoms with Gasteiger partial charge >= 0.3 is 0 Å². The minimum atomic E-state index is -4.02. The van der Waals surface area contributed by atoms with Gasteiger partial charge < -0.3 is 9.47 Å². The van der Waals surface area contributed by atoms with Gasteiger partial charge in [-0.2, -0.15) is 0 Å². The molecule has 5 rings (SSSR count). The summed E-state index contributed by atoms with van der Waals surface area (Å²) in [6.45, 7) is 0.730. The minimum absolute atomic E-state index is 0.0473. The molecule has 0 fully saturated rings. The summed E-state index contributed by atoms with van der Waals surface area (Å²) in [6.07, 6.45) is 2.87. The SMILES string of the molecule is O=S(=O)(c1ccc2nncn2c1)N(Cc1cccc(F)c1)c1ccc2c(c1)OCCO2. The fraction of sp³-hybridized carbons (Fsp3) is 0.143. The van der Waals surface area contributed by atoms with Gasteiger partial charge in [0.2, 0.25) is 0 Å².